The van der Waals surface area contributed by atoms with E-state index in [9.17, 15) is 4.79 Å². The van der Waals surface area contributed by atoms with E-state index in [1.807, 2.05) is 30.5 Å². The molecule has 8 heteroatoms. The smallest absolute Gasteiger partial charge is 0.228 e. The number of likely N-dealkylation sites (tertiary alicyclic amines) is 1. The highest BCUT2D eigenvalue weighted by Crippen LogP contribution is 2.34. The number of carbonyl (C=O) groups is 1. The number of rotatable bonds is 5. The molecule has 144 valence electrons. The standard InChI is InChI=1S/C20H20ClN5O2/c1-25-10-15(11-25)28-17-9-22-18(21)8-16(17)13-4-5-26-14(6-13)7-19(24-26)23-20(27)12-2-3-12/h4-9,12,15H,2-3,10-11H2,1H3,(H,23,24,27). The molecule has 4 heterocycles. The summed E-state index contributed by atoms with van der Waals surface area (Å²) >= 11 is 6.15. The Hall–Kier alpha value is -2.64. The number of ether oxygens (including phenoxy) is 1. The third-order valence-electron chi connectivity index (χ3n) is 5.13. The molecular formula is C20H20ClN5O2. The Kier molecular flexibility index (Phi) is 4.21. The van der Waals surface area contributed by atoms with Crippen molar-refractivity contribution in [1.82, 2.24) is 19.5 Å². The molecule has 0 atom stereocenters. The Morgan fingerprint density at radius 3 is 2.86 bits per heavy atom. The van der Waals surface area contributed by atoms with Crippen LogP contribution in [-0.4, -0.2) is 51.6 Å². The van der Waals surface area contributed by atoms with E-state index >= 15 is 0 Å². The van der Waals surface area contributed by atoms with Crippen molar-refractivity contribution in [2.45, 2.75) is 18.9 Å². The molecule has 2 fully saturated rings. The molecule has 0 radical (unpaired) electrons. The minimum atomic E-state index is 0.0469. The average Bonchev–Trinajstić information content (AvgIpc) is 3.42. The number of hydrogen-bond acceptors (Lipinski definition) is 5. The summed E-state index contributed by atoms with van der Waals surface area (Å²) in [5, 5.41) is 7.73. The van der Waals surface area contributed by atoms with Gasteiger partial charge in [-0.3, -0.25) is 9.69 Å². The Morgan fingerprint density at radius 1 is 1.29 bits per heavy atom. The molecule has 1 saturated heterocycles. The number of aromatic nitrogens is 3. The van der Waals surface area contributed by atoms with E-state index in [4.69, 9.17) is 16.3 Å². The Bertz CT molecular complexity index is 1060. The third kappa shape index (κ3) is 3.43. The maximum atomic E-state index is 12.0. The first-order chi connectivity index (χ1) is 13.5. The predicted octanol–water partition coefficient (Wildman–Crippen LogP) is 3.09. The lowest BCUT2D eigenvalue weighted by Gasteiger charge is -2.36. The van der Waals surface area contributed by atoms with Gasteiger partial charge in [-0.2, -0.15) is 5.10 Å². The van der Waals surface area contributed by atoms with Gasteiger partial charge in [0.1, 0.15) is 17.0 Å². The lowest BCUT2D eigenvalue weighted by molar-refractivity contribution is -0.117. The maximum Gasteiger partial charge on any atom is 0.228 e. The first kappa shape index (κ1) is 17.5. The van der Waals surface area contributed by atoms with Crippen molar-refractivity contribution in [3.8, 4) is 16.9 Å². The number of amides is 1. The zero-order chi connectivity index (χ0) is 19.3. The number of anilines is 1. The van der Waals surface area contributed by atoms with Crippen molar-refractivity contribution >= 4 is 28.8 Å². The van der Waals surface area contributed by atoms with Crippen molar-refractivity contribution < 1.29 is 9.53 Å². The lowest BCUT2D eigenvalue weighted by atomic mass is 10.1. The Labute approximate surface area is 167 Å². The zero-order valence-corrected chi connectivity index (χ0v) is 16.2. The van der Waals surface area contributed by atoms with Gasteiger partial charge in [0.25, 0.3) is 0 Å². The van der Waals surface area contributed by atoms with Crippen LogP contribution in [0.5, 0.6) is 5.75 Å². The predicted molar refractivity (Wildman–Crippen MR) is 107 cm³/mol. The van der Waals surface area contributed by atoms with E-state index in [0.29, 0.717) is 16.7 Å². The monoisotopic (exact) mass is 397 g/mol. The fourth-order valence-corrected chi connectivity index (χ4v) is 3.59. The van der Waals surface area contributed by atoms with Gasteiger partial charge in [-0.05, 0) is 43.7 Å². The van der Waals surface area contributed by atoms with Crippen LogP contribution < -0.4 is 10.1 Å². The van der Waals surface area contributed by atoms with Crippen LogP contribution in [0.15, 0.2) is 36.7 Å². The van der Waals surface area contributed by atoms with Crippen LogP contribution in [0.1, 0.15) is 12.8 Å². The fourth-order valence-electron chi connectivity index (χ4n) is 3.43. The molecule has 28 heavy (non-hydrogen) atoms. The van der Waals surface area contributed by atoms with Crippen LogP contribution in [0.25, 0.3) is 16.6 Å². The normalized spacial score (nSPS) is 17.5. The van der Waals surface area contributed by atoms with Gasteiger partial charge in [0.2, 0.25) is 5.91 Å². The van der Waals surface area contributed by atoms with Gasteiger partial charge in [-0.1, -0.05) is 11.6 Å². The van der Waals surface area contributed by atoms with Crippen molar-refractivity contribution in [2.75, 3.05) is 25.5 Å². The number of carbonyl (C=O) groups excluding carboxylic acids is 1. The van der Waals surface area contributed by atoms with Crippen LogP contribution in [0, 0.1) is 5.92 Å². The van der Waals surface area contributed by atoms with Crippen molar-refractivity contribution in [1.29, 1.82) is 0 Å². The molecule has 0 bridgehead atoms. The SMILES string of the molecule is CN1CC(Oc2cnc(Cl)cc2-c2ccn3nc(NC(=O)C4CC4)cc3c2)C1. The van der Waals surface area contributed by atoms with E-state index in [-0.39, 0.29) is 17.9 Å². The van der Waals surface area contributed by atoms with Crippen LogP contribution in [-0.2, 0) is 4.79 Å². The molecule has 1 aliphatic heterocycles. The summed E-state index contributed by atoms with van der Waals surface area (Å²) < 4.78 is 7.87. The van der Waals surface area contributed by atoms with Crippen molar-refractivity contribution in [3.63, 3.8) is 0 Å². The molecule has 0 aromatic carbocycles. The molecule has 0 spiro atoms. The molecule has 1 saturated carbocycles. The number of nitrogens with zero attached hydrogens (tertiary/aromatic N) is 4. The Balaban J connectivity index is 1.45. The van der Waals surface area contributed by atoms with Crippen LogP contribution >= 0.6 is 11.6 Å². The molecule has 1 amide bonds. The number of hydrogen-bond donors (Lipinski definition) is 1. The van der Waals surface area contributed by atoms with Gasteiger partial charge in [0, 0.05) is 36.8 Å². The molecule has 0 unspecified atom stereocenters. The third-order valence-corrected chi connectivity index (χ3v) is 5.34. The molecule has 1 aliphatic carbocycles. The minimum absolute atomic E-state index is 0.0469. The molecule has 3 aromatic heterocycles. The summed E-state index contributed by atoms with van der Waals surface area (Å²) in [7, 11) is 2.06. The van der Waals surface area contributed by atoms with Gasteiger partial charge in [0.15, 0.2) is 5.82 Å². The number of likely N-dealkylation sites (N-methyl/N-ethyl adjacent to an activating group) is 1. The highest BCUT2D eigenvalue weighted by Gasteiger charge is 2.30. The van der Waals surface area contributed by atoms with E-state index in [2.05, 4.69) is 27.3 Å². The summed E-state index contributed by atoms with van der Waals surface area (Å²) in [4.78, 5) is 18.4. The second-order valence-corrected chi connectivity index (χ2v) is 7.93. The topological polar surface area (TPSA) is 71.8 Å². The van der Waals surface area contributed by atoms with Gasteiger partial charge < -0.3 is 10.1 Å². The quantitative estimate of drug-likeness (QED) is 0.670. The summed E-state index contributed by atoms with van der Waals surface area (Å²) in [6, 6.07) is 7.65. The molecule has 5 rings (SSSR count). The molecular weight excluding hydrogens is 378 g/mol. The minimum Gasteiger partial charge on any atom is -0.485 e. The number of fused-ring (bicyclic) bond motifs is 1. The Morgan fingerprint density at radius 2 is 2.11 bits per heavy atom. The van der Waals surface area contributed by atoms with Crippen LogP contribution in [0.4, 0.5) is 5.82 Å². The van der Waals surface area contributed by atoms with E-state index in [0.717, 1.165) is 42.6 Å². The maximum absolute atomic E-state index is 12.0. The summed E-state index contributed by atoms with van der Waals surface area (Å²) in [5.74, 6) is 1.47. The van der Waals surface area contributed by atoms with Gasteiger partial charge >= 0.3 is 0 Å². The molecule has 2 aliphatic rings. The zero-order valence-electron chi connectivity index (χ0n) is 15.4. The molecule has 1 N–H and O–H groups in total. The largest absolute Gasteiger partial charge is 0.485 e. The van der Waals surface area contributed by atoms with E-state index in [1.165, 1.54) is 0 Å². The van der Waals surface area contributed by atoms with Crippen LogP contribution in [0.2, 0.25) is 5.15 Å². The van der Waals surface area contributed by atoms with Crippen LogP contribution in [0.3, 0.4) is 0 Å². The van der Waals surface area contributed by atoms with Gasteiger partial charge in [-0.15, -0.1) is 0 Å². The van der Waals surface area contributed by atoms with Gasteiger partial charge in [-0.25, -0.2) is 9.50 Å². The average molecular weight is 398 g/mol. The second-order valence-electron chi connectivity index (χ2n) is 7.54. The first-order valence-electron chi connectivity index (χ1n) is 9.36. The highest BCUT2D eigenvalue weighted by atomic mass is 35.5. The van der Waals surface area contributed by atoms with E-state index in [1.54, 1.807) is 10.7 Å². The summed E-state index contributed by atoms with van der Waals surface area (Å²) in [5.41, 5.74) is 2.73. The summed E-state index contributed by atoms with van der Waals surface area (Å²) in [6.45, 7) is 1.79. The number of halogens is 1. The van der Waals surface area contributed by atoms with E-state index < -0.39 is 0 Å². The first-order valence-corrected chi connectivity index (χ1v) is 9.74. The number of nitrogens with one attached hydrogen (secondary N) is 1. The molecule has 3 aromatic rings. The number of pyridine rings is 2. The van der Waals surface area contributed by atoms with Gasteiger partial charge in [0.05, 0.1) is 11.7 Å². The summed E-state index contributed by atoms with van der Waals surface area (Å²) in [6.07, 6.45) is 5.64. The lowest BCUT2D eigenvalue weighted by Crippen LogP contribution is -2.51. The highest BCUT2D eigenvalue weighted by molar-refractivity contribution is 6.29. The second kappa shape index (κ2) is 6.76. The van der Waals surface area contributed by atoms with Crippen molar-refractivity contribution in [2.24, 2.45) is 5.92 Å². The van der Waals surface area contributed by atoms with Crippen molar-refractivity contribution in [3.05, 3.63) is 41.8 Å². The molecule has 7 nitrogen and oxygen atoms in total. The fraction of sp³-hybridized carbons (Fsp3) is 0.350.